The summed E-state index contributed by atoms with van der Waals surface area (Å²) in [6, 6.07) is 15.0. The van der Waals surface area contributed by atoms with Gasteiger partial charge in [-0.1, -0.05) is 18.2 Å². The van der Waals surface area contributed by atoms with Gasteiger partial charge in [0.1, 0.15) is 23.0 Å². The molecule has 3 rings (SSSR count). The minimum absolute atomic E-state index is 0.100. The number of amides is 1. The van der Waals surface area contributed by atoms with Crippen molar-refractivity contribution < 1.29 is 23.0 Å². The third kappa shape index (κ3) is 4.43. The van der Waals surface area contributed by atoms with Gasteiger partial charge in [-0.2, -0.15) is 9.37 Å². The van der Waals surface area contributed by atoms with Crippen LogP contribution in [0.1, 0.15) is 12.5 Å². The molecule has 0 bridgehead atoms. The summed E-state index contributed by atoms with van der Waals surface area (Å²) in [7, 11) is 1.54. The monoisotopic (exact) mass is 383 g/mol. The van der Waals surface area contributed by atoms with Crippen LogP contribution in [0.3, 0.4) is 0 Å². The quantitative estimate of drug-likeness (QED) is 0.579. The van der Waals surface area contributed by atoms with Gasteiger partial charge in [0.05, 0.1) is 13.7 Å². The number of halogens is 2. The molecule has 0 aliphatic heterocycles. The summed E-state index contributed by atoms with van der Waals surface area (Å²) in [5.74, 6) is -0.700. The van der Waals surface area contributed by atoms with E-state index in [1.54, 1.807) is 13.2 Å². The topological polar surface area (TPSA) is 51.7 Å². The van der Waals surface area contributed by atoms with E-state index in [2.05, 4.69) is 4.98 Å². The molecule has 28 heavy (non-hydrogen) atoms. The Balaban J connectivity index is 1.98. The van der Waals surface area contributed by atoms with E-state index >= 15 is 0 Å². The van der Waals surface area contributed by atoms with E-state index in [-0.39, 0.29) is 29.8 Å². The molecular formula is C21H18F2N2O3. The van der Waals surface area contributed by atoms with Gasteiger partial charge in [0, 0.05) is 12.5 Å². The average molecular weight is 383 g/mol. The van der Waals surface area contributed by atoms with Crippen LogP contribution in [0.2, 0.25) is 0 Å². The number of anilines is 1. The van der Waals surface area contributed by atoms with E-state index in [0.717, 1.165) is 11.6 Å². The van der Waals surface area contributed by atoms with Crippen LogP contribution >= 0.6 is 0 Å². The SMILES string of the molecule is COc1ccccc1CN(C(C)=O)c1ccc([18F])nc1Oc1ccc(F)cc1. The highest BCUT2D eigenvalue weighted by atomic mass is 19.1. The molecule has 0 unspecified atom stereocenters. The lowest BCUT2D eigenvalue weighted by Gasteiger charge is -2.24. The van der Waals surface area contributed by atoms with Crippen molar-refractivity contribution in [3.05, 3.63) is 78.0 Å². The molecule has 0 fully saturated rings. The number of methoxy groups -OCH3 is 1. The predicted molar refractivity (Wildman–Crippen MR) is 101 cm³/mol. The third-order valence-electron chi connectivity index (χ3n) is 4.03. The van der Waals surface area contributed by atoms with Crippen molar-refractivity contribution in [3.8, 4) is 17.4 Å². The van der Waals surface area contributed by atoms with Gasteiger partial charge >= 0.3 is 0 Å². The molecule has 144 valence electrons. The molecule has 0 aliphatic carbocycles. The second-order valence-corrected chi connectivity index (χ2v) is 5.93. The molecule has 1 amide bonds. The number of nitrogens with zero attached hydrogens (tertiary/aromatic N) is 2. The van der Waals surface area contributed by atoms with Crippen LogP contribution in [0.5, 0.6) is 17.4 Å². The van der Waals surface area contributed by atoms with Crippen molar-refractivity contribution in [2.24, 2.45) is 0 Å². The average Bonchev–Trinajstić information content (AvgIpc) is 2.68. The van der Waals surface area contributed by atoms with Crippen LogP contribution in [0.4, 0.5) is 14.5 Å². The van der Waals surface area contributed by atoms with Gasteiger partial charge in [-0.05, 0) is 42.5 Å². The molecular weight excluding hydrogens is 365 g/mol. The molecule has 0 saturated carbocycles. The molecule has 0 aliphatic rings. The number of hydrogen-bond acceptors (Lipinski definition) is 4. The summed E-state index contributed by atoms with van der Waals surface area (Å²) >= 11 is 0. The maximum Gasteiger partial charge on any atom is 0.246 e. The van der Waals surface area contributed by atoms with E-state index in [0.29, 0.717) is 5.75 Å². The first-order valence-corrected chi connectivity index (χ1v) is 8.48. The molecule has 1 heterocycles. The Morgan fingerprint density at radius 1 is 1.04 bits per heavy atom. The smallest absolute Gasteiger partial charge is 0.246 e. The van der Waals surface area contributed by atoms with Gasteiger partial charge in [-0.15, -0.1) is 0 Å². The number of para-hydroxylation sites is 1. The second-order valence-electron chi connectivity index (χ2n) is 5.93. The standard InChI is InChI=1S/C21H18F2N2O3/c1-14(26)25(13-15-5-3-4-6-19(15)27-2)18-11-12-20(23)24-21(18)28-17-9-7-16(22)8-10-17/h3-12H,13H2,1-2H3/i23-1. The molecule has 0 N–H and O–H groups in total. The third-order valence-corrected chi connectivity index (χ3v) is 4.03. The van der Waals surface area contributed by atoms with Crippen LogP contribution in [-0.4, -0.2) is 18.0 Å². The fourth-order valence-corrected chi connectivity index (χ4v) is 2.68. The number of aromatic nitrogens is 1. The van der Waals surface area contributed by atoms with E-state index < -0.39 is 11.8 Å². The molecule has 3 aromatic rings. The fourth-order valence-electron chi connectivity index (χ4n) is 2.68. The maximum absolute atomic E-state index is 13.7. The van der Waals surface area contributed by atoms with Gasteiger partial charge in [0.2, 0.25) is 17.7 Å². The molecule has 7 heteroatoms. The Morgan fingerprint density at radius 3 is 2.43 bits per heavy atom. The predicted octanol–water partition coefficient (Wildman–Crippen LogP) is 4.71. The number of pyridine rings is 1. The lowest BCUT2D eigenvalue weighted by molar-refractivity contribution is -0.116. The van der Waals surface area contributed by atoms with Crippen molar-refractivity contribution in [3.63, 3.8) is 0 Å². The highest BCUT2D eigenvalue weighted by molar-refractivity contribution is 5.92. The van der Waals surface area contributed by atoms with E-state index in [1.807, 2.05) is 18.2 Å². The van der Waals surface area contributed by atoms with Gasteiger partial charge in [-0.25, -0.2) is 4.39 Å². The maximum atomic E-state index is 13.7. The van der Waals surface area contributed by atoms with E-state index in [9.17, 15) is 13.6 Å². The van der Waals surface area contributed by atoms with Gasteiger partial charge in [0.15, 0.2) is 0 Å². The zero-order valence-corrected chi connectivity index (χ0v) is 15.4. The number of hydrogen-bond donors (Lipinski definition) is 0. The van der Waals surface area contributed by atoms with Crippen molar-refractivity contribution in [2.45, 2.75) is 13.5 Å². The van der Waals surface area contributed by atoms with Crippen molar-refractivity contribution in [1.82, 2.24) is 4.98 Å². The summed E-state index contributed by atoms with van der Waals surface area (Å²) in [5, 5.41) is 0. The van der Waals surface area contributed by atoms with Gasteiger partial charge in [0.25, 0.3) is 0 Å². The van der Waals surface area contributed by atoms with Gasteiger partial charge in [-0.3, -0.25) is 4.79 Å². The van der Waals surface area contributed by atoms with Crippen molar-refractivity contribution >= 4 is 11.6 Å². The zero-order valence-electron chi connectivity index (χ0n) is 15.4. The van der Waals surface area contributed by atoms with Crippen LogP contribution in [-0.2, 0) is 11.3 Å². The van der Waals surface area contributed by atoms with Crippen LogP contribution in [0, 0.1) is 11.8 Å². The van der Waals surface area contributed by atoms with E-state index in [4.69, 9.17) is 9.47 Å². The second kappa shape index (κ2) is 8.47. The Hall–Kier alpha value is -3.48. The molecule has 2 aromatic carbocycles. The highest BCUT2D eigenvalue weighted by Gasteiger charge is 2.21. The first kappa shape index (κ1) is 19.3. The summed E-state index contributed by atoms with van der Waals surface area (Å²) in [5.41, 5.74) is 1.04. The first-order chi connectivity index (χ1) is 13.5. The Kier molecular flexibility index (Phi) is 5.84. The van der Waals surface area contributed by atoms with E-state index in [1.165, 1.54) is 42.2 Å². The molecule has 1 aromatic heterocycles. The summed E-state index contributed by atoms with van der Waals surface area (Å²) in [6.07, 6.45) is 0. The Morgan fingerprint density at radius 2 is 1.75 bits per heavy atom. The molecule has 0 atom stereocenters. The number of rotatable bonds is 6. The molecule has 0 saturated heterocycles. The Bertz CT molecular complexity index is 978. The summed E-state index contributed by atoms with van der Waals surface area (Å²) < 4.78 is 37.8. The largest absolute Gasteiger partial charge is 0.496 e. The number of carbonyl (C=O) groups is 1. The number of ether oxygens (including phenoxy) is 2. The summed E-state index contributed by atoms with van der Waals surface area (Å²) in [4.78, 5) is 17.5. The number of carbonyl (C=O) groups excluding carboxylic acids is 1. The summed E-state index contributed by atoms with van der Waals surface area (Å²) in [6.45, 7) is 1.56. The van der Waals surface area contributed by atoms with Gasteiger partial charge < -0.3 is 14.4 Å². The lowest BCUT2D eigenvalue weighted by atomic mass is 10.1. The van der Waals surface area contributed by atoms with Crippen molar-refractivity contribution in [2.75, 3.05) is 12.0 Å². The van der Waals surface area contributed by atoms with Crippen molar-refractivity contribution in [1.29, 1.82) is 0 Å². The lowest BCUT2D eigenvalue weighted by Crippen LogP contribution is -2.28. The van der Waals surface area contributed by atoms with Crippen LogP contribution in [0.25, 0.3) is 0 Å². The van der Waals surface area contributed by atoms with Crippen LogP contribution < -0.4 is 14.4 Å². The molecule has 5 nitrogen and oxygen atoms in total. The molecule has 0 radical (unpaired) electrons. The normalized spacial score (nSPS) is 10.4. The highest BCUT2D eigenvalue weighted by Crippen LogP contribution is 2.33. The minimum Gasteiger partial charge on any atom is -0.496 e. The number of benzene rings is 2. The fraction of sp³-hybridized carbons (Fsp3) is 0.143. The van der Waals surface area contributed by atoms with Crippen LogP contribution in [0.15, 0.2) is 60.7 Å². The minimum atomic E-state index is -0.762. The Labute approximate surface area is 161 Å². The first-order valence-electron chi connectivity index (χ1n) is 8.48. The zero-order chi connectivity index (χ0) is 20.1. The molecule has 0 spiro atoms.